The molecule has 2 aromatic heterocycles. The molecule has 2 aromatic rings. The Hall–Kier alpha value is -1.54. The summed E-state index contributed by atoms with van der Waals surface area (Å²) in [4.78, 5) is 12.0. The van der Waals surface area contributed by atoms with Gasteiger partial charge in [-0.25, -0.2) is 0 Å². The normalized spacial score (nSPS) is 11.6. The van der Waals surface area contributed by atoms with Crippen LogP contribution in [0.4, 0.5) is 19.0 Å². The van der Waals surface area contributed by atoms with Crippen LogP contribution in [-0.4, -0.2) is 16.1 Å². The SMILES string of the molecule is Cc1c(NC(=O)c2ccc(Cl)s2)n[nH]c1C(F)(F)F. The van der Waals surface area contributed by atoms with E-state index in [-0.39, 0.29) is 11.4 Å². The van der Waals surface area contributed by atoms with Crippen molar-refractivity contribution in [1.29, 1.82) is 0 Å². The zero-order chi connectivity index (χ0) is 14.2. The summed E-state index contributed by atoms with van der Waals surface area (Å²) in [6.07, 6.45) is -4.54. The summed E-state index contributed by atoms with van der Waals surface area (Å²) in [5.41, 5.74) is -1.14. The molecule has 9 heteroatoms. The Balaban J connectivity index is 2.21. The highest BCUT2D eigenvalue weighted by Crippen LogP contribution is 2.33. The van der Waals surface area contributed by atoms with Crippen LogP contribution in [0, 0.1) is 6.92 Å². The third-order valence-corrected chi connectivity index (χ3v) is 3.55. The quantitative estimate of drug-likeness (QED) is 0.888. The number of thiophene rings is 1. The van der Waals surface area contributed by atoms with Gasteiger partial charge in [-0.15, -0.1) is 11.3 Å². The first-order chi connectivity index (χ1) is 8.79. The molecule has 19 heavy (non-hydrogen) atoms. The van der Waals surface area contributed by atoms with Crippen LogP contribution in [-0.2, 0) is 6.18 Å². The second kappa shape index (κ2) is 4.86. The number of carbonyl (C=O) groups excluding carboxylic acids is 1. The van der Waals surface area contributed by atoms with Crippen LogP contribution in [0.5, 0.6) is 0 Å². The highest BCUT2D eigenvalue weighted by Gasteiger charge is 2.36. The van der Waals surface area contributed by atoms with E-state index in [9.17, 15) is 18.0 Å². The van der Waals surface area contributed by atoms with Crippen molar-refractivity contribution in [3.8, 4) is 0 Å². The highest BCUT2D eigenvalue weighted by atomic mass is 35.5. The van der Waals surface area contributed by atoms with Crippen molar-refractivity contribution >= 4 is 34.7 Å². The van der Waals surface area contributed by atoms with Gasteiger partial charge in [-0.2, -0.15) is 18.3 Å². The van der Waals surface area contributed by atoms with Crippen molar-refractivity contribution in [2.24, 2.45) is 0 Å². The number of anilines is 1. The van der Waals surface area contributed by atoms with E-state index in [1.807, 2.05) is 5.10 Å². The Kier molecular flexibility index (Phi) is 3.55. The van der Waals surface area contributed by atoms with Gasteiger partial charge in [0.05, 0.1) is 9.21 Å². The molecule has 0 atom stereocenters. The van der Waals surface area contributed by atoms with Gasteiger partial charge >= 0.3 is 6.18 Å². The fraction of sp³-hybridized carbons (Fsp3) is 0.200. The van der Waals surface area contributed by atoms with Crippen molar-refractivity contribution in [3.63, 3.8) is 0 Å². The second-order valence-corrected chi connectivity index (χ2v) is 5.34. The minimum absolute atomic E-state index is 0.151. The number of H-pyrrole nitrogens is 1. The number of hydrogen-bond acceptors (Lipinski definition) is 3. The molecule has 0 aromatic carbocycles. The van der Waals surface area contributed by atoms with E-state index < -0.39 is 17.8 Å². The van der Waals surface area contributed by atoms with Gasteiger partial charge in [-0.3, -0.25) is 9.89 Å². The molecule has 0 bridgehead atoms. The molecule has 4 nitrogen and oxygen atoms in total. The molecule has 2 N–H and O–H groups in total. The molecule has 0 aliphatic rings. The van der Waals surface area contributed by atoms with Gasteiger partial charge in [0.2, 0.25) is 0 Å². The fourth-order valence-corrected chi connectivity index (χ4v) is 2.34. The van der Waals surface area contributed by atoms with Gasteiger partial charge in [0, 0.05) is 5.56 Å². The van der Waals surface area contributed by atoms with E-state index in [4.69, 9.17) is 11.6 Å². The van der Waals surface area contributed by atoms with Crippen molar-refractivity contribution in [1.82, 2.24) is 10.2 Å². The highest BCUT2D eigenvalue weighted by molar-refractivity contribution is 7.18. The summed E-state index contributed by atoms with van der Waals surface area (Å²) in [7, 11) is 0. The van der Waals surface area contributed by atoms with Gasteiger partial charge in [-0.05, 0) is 19.1 Å². The van der Waals surface area contributed by atoms with Gasteiger partial charge < -0.3 is 5.32 Å². The number of nitrogens with zero attached hydrogens (tertiary/aromatic N) is 1. The number of halogens is 4. The Bertz CT molecular complexity index is 620. The summed E-state index contributed by atoms with van der Waals surface area (Å²) in [6, 6.07) is 3.01. The number of hydrogen-bond donors (Lipinski definition) is 2. The molecule has 2 heterocycles. The fourth-order valence-electron chi connectivity index (χ4n) is 1.40. The molecule has 0 unspecified atom stereocenters. The van der Waals surface area contributed by atoms with Crippen molar-refractivity contribution in [3.05, 3.63) is 32.6 Å². The predicted molar refractivity (Wildman–Crippen MR) is 65.6 cm³/mol. The van der Waals surface area contributed by atoms with Gasteiger partial charge in [-0.1, -0.05) is 11.6 Å². The Morgan fingerprint density at radius 2 is 2.16 bits per heavy atom. The summed E-state index contributed by atoms with van der Waals surface area (Å²) in [5, 5.41) is 7.62. The number of amides is 1. The Morgan fingerprint density at radius 3 is 2.63 bits per heavy atom. The second-order valence-electron chi connectivity index (χ2n) is 3.63. The Morgan fingerprint density at radius 1 is 1.47 bits per heavy atom. The molecule has 0 spiro atoms. The molecule has 0 aliphatic heterocycles. The minimum atomic E-state index is -4.54. The number of carbonyl (C=O) groups is 1. The lowest BCUT2D eigenvalue weighted by Crippen LogP contribution is -2.12. The van der Waals surface area contributed by atoms with Gasteiger partial charge in [0.15, 0.2) is 5.82 Å². The number of rotatable bonds is 2. The Labute approximate surface area is 114 Å². The lowest BCUT2D eigenvalue weighted by molar-refractivity contribution is -0.141. The zero-order valence-corrected chi connectivity index (χ0v) is 11.0. The molecule has 1 amide bonds. The maximum absolute atomic E-state index is 12.5. The van der Waals surface area contributed by atoms with E-state index in [1.54, 1.807) is 0 Å². The van der Waals surface area contributed by atoms with Crippen LogP contribution in [0.1, 0.15) is 20.9 Å². The van der Waals surface area contributed by atoms with Crippen LogP contribution in [0.2, 0.25) is 4.34 Å². The minimum Gasteiger partial charge on any atom is -0.304 e. The molecule has 2 rings (SSSR count). The summed E-state index contributed by atoms with van der Waals surface area (Å²) >= 11 is 6.70. The van der Waals surface area contributed by atoms with Crippen LogP contribution >= 0.6 is 22.9 Å². The van der Waals surface area contributed by atoms with Gasteiger partial charge in [0.1, 0.15) is 5.69 Å². The van der Waals surface area contributed by atoms with E-state index in [0.717, 1.165) is 11.3 Å². The van der Waals surface area contributed by atoms with E-state index in [2.05, 4.69) is 10.4 Å². The third-order valence-electron chi connectivity index (χ3n) is 2.32. The molecular formula is C10H7ClF3N3OS. The first kappa shape index (κ1) is 13.9. The average Bonchev–Trinajstić information content (AvgIpc) is 2.85. The average molecular weight is 310 g/mol. The van der Waals surface area contributed by atoms with E-state index in [0.29, 0.717) is 9.21 Å². The first-order valence-electron chi connectivity index (χ1n) is 4.98. The van der Waals surface area contributed by atoms with Crippen molar-refractivity contribution in [2.75, 3.05) is 5.32 Å². The topological polar surface area (TPSA) is 57.8 Å². The number of aromatic nitrogens is 2. The zero-order valence-electron chi connectivity index (χ0n) is 9.43. The summed E-state index contributed by atoms with van der Waals surface area (Å²) in [6.45, 7) is 1.23. The van der Waals surface area contributed by atoms with Crippen LogP contribution < -0.4 is 5.32 Å². The lowest BCUT2D eigenvalue weighted by atomic mass is 10.2. The number of aromatic amines is 1. The van der Waals surface area contributed by atoms with E-state index >= 15 is 0 Å². The van der Waals surface area contributed by atoms with Crippen LogP contribution in [0.3, 0.4) is 0 Å². The standard InChI is InChI=1S/C10H7ClF3N3OS/c1-4-7(10(12,13)14)16-17-8(4)15-9(18)5-2-3-6(11)19-5/h2-3H,1H3,(H2,15,16,17,18). The van der Waals surface area contributed by atoms with Crippen molar-refractivity contribution < 1.29 is 18.0 Å². The largest absolute Gasteiger partial charge is 0.433 e. The monoisotopic (exact) mass is 309 g/mol. The molecule has 0 aliphatic carbocycles. The lowest BCUT2D eigenvalue weighted by Gasteiger charge is -2.04. The molecule has 102 valence electrons. The predicted octanol–water partition coefficient (Wildman–Crippen LogP) is 3.70. The molecule has 0 saturated heterocycles. The molecular weight excluding hydrogens is 303 g/mol. The van der Waals surface area contributed by atoms with Crippen LogP contribution in [0.25, 0.3) is 0 Å². The third kappa shape index (κ3) is 2.90. The summed E-state index contributed by atoms with van der Waals surface area (Å²) < 4.78 is 38.0. The van der Waals surface area contributed by atoms with Crippen molar-refractivity contribution in [2.45, 2.75) is 13.1 Å². The molecule has 0 fully saturated rings. The maximum Gasteiger partial charge on any atom is 0.433 e. The number of nitrogens with one attached hydrogen (secondary N) is 2. The smallest absolute Gasteiger partial charge is 0.304 e. The number of alkyl halides is 3. The van der Waals surface area contributed by atoms with Crippen LogP contribution in [0.15, 0.2) is 12.1 Å². The summed E-state index contributed by atoms with van der Waals surface area (Å²) in [5.74, 6) is -0.706. The molecule has 0 saturated carbocycles. The van der Waals surface area contributed by atoms with E-state index in [1.165, 1.54) is 19.1 Å². The maximum atomic E-state index is 12.5. The first-order valence-corrected chi connectivity index (χ1v) is 6.17. The van der Waals surface area contributed by atoms with Gasteiger partial charge in [0.25, 0.3) is 5.91 Å². The molecule has 0 radical (unpaired) electrons.